The molecule has 37 heavy (non-hydrogen) atoms. The number of nitrogens with zero attached hydrogens (tertiary/aromatic N) is 6. The van der Waals surface area contributed by atoms with Crippen molar-refractivity contribution in [1.29, 1.82) is 0 Å². The van der Waals surface area contributed by atoms with Gasteiger partial charge >= 0.3 is 0 Å². The molecule has 0 saturated carbocycles. The monoisotopic (exact) mass is 541 g/mol. The van der Waals surface area contributed by atoms with Crippen LogP contribution >= 0.6 is 23.5 Å². The zero-order valence-corrected chi connectivity index (χ0v) is 22.7. The molecule has 0 aliphatic carbocycles. The number of anilines is 1. The van der Waals surface area contributed by atoms with Crippen molar-refractivity contribution in [3.05, 3.63) is 65.5 Å². The summed E-state index contributed by atoms with van der Waals surface area (Å²) < 4.78 is 22.6. The summed E-state index contributed by atoms with van der Waals surface area (Å²) in [4.78, 5) is 13.0. The summed E-state index contributed by atoms with van der Waals surface area (Å²) in [6.07, 6.45) is 6.29. The molecule has 4 rings (SSSR count). The molecule has 0 saturated heterocycles. The highest BCUT2D eigenvalue weighted by molar-refractivity contribution is 8.01. The van der Waals surface area contributed by atoms with Gasteiger partial charge in [-0.05, 0) is 56.5 Å². The Kier molecular flexibility index (Phi) is 8.80. The number of ether oxygens (including phenoxy) is 3. The van der Waals surface area contributed by atoms with E-state index in [1.807, 2.05) is 49.6 Å². The first-order valence-corrected chi connectivity index (χ1v) is 12.8. The summed E-state index contributed by atoms with van der Waals surface area (Å²) in [6, 6.07) is 7.58. The molecule has 0 aliphatic rings. The van der Waals surface area contributed by atoms with E-state index >= 15 is 0 Å². The predicted octanol–water partition coefficient (Wildman–Crippen LogP) is 5.32. The third-order valence-electron chi connectivity index (χ3n) is 5.43. The molecule has 0 fully saturated rings. The van der Waals surface area contributed by atoms with Crippen LogP contribution in [-0.4, -0.2) is 55.8 Å². The highest BCUT2D eigenvalue weighted by Gasteiger charge is 2.26. The number of hydrogen-bond acceptors (Lipinski definition) is 10. The van der Waals surface area contributed by atoms with Crippen molar-refractivity contribution in [1.82, 2.24) is 29.7 Å². The normalized spacial score (nSPS) is 12.7. The number of hydrogen-bond donors (Lipinski definition) is 1. The van der Waals surface area contributed by atoms with E-state index in [0.29, 0.717) is 46.4 Å². The van der Waals surface area contributed by atoms with Crippen LogP contribution in [0.4, 0.5) is 5.95 Å². The van der Waals surface area contributed by atoms with Gasteiger partial charge in [0.2, 0.25) is 5.95 Å². The Bertz CT molecular complexity index is 1310. The lowest BCUT2D eigenvalue weighted by Gasteiger charge is -2.23. The van der Waals surface area contributed by atoms with E-state index in [1.165, 1.54) is 11.9 Å². The molecule has 3 aromatic heterocycles. The Balaban J connectivity index is 1.73. The molecule has 0 spiro atoms. The van der Waals surface area contributed by atoms with Gasteiger partial charge in [0.1, 0.15) is 23.3 Å². The SMILES string of the molecule is CCOC(c1ncc(Cl)cn1)[C@H](C)SNc1nnc(-c2cncc(C)c2)n1-c1c(OC)cccc1OC. The minimum absolute atomic E-state index is 0.102. The molecule has 0 aliphatic heterocycles. The Morgan fingerprint density at radius 3 is 2.38 bits per heavy atom. The van der Waals surface area contributed by atoms with Crippen molar-refractivity contribution in [3.63, 3.8) is 0 Å². The van der Waals surface area contributed by atoms with Gasteiger partial charge in [0, 0.05) is 37.0 Å². The van der Waals surface area contributed by atoms with Gasteiger partial charge in [0.25, 0.3) is 0 Å². The van der Waals surface area contributed by atoms with Crippen LogP contribution in [0.25, 0.3) is 17.1 Å². The zero-order valence-electron chi connectivity index (χ0n) is 21.2. The van der Waals surface area contributed by atoms with E-state index in [2.05, 4.69) is 29.9 Å². The van der Waals surface area contributed by atoms with E-state index < -0.39 is 0 Å². The maximum Gasteiger partial charge on any atom is 0.239 e. The summed E-state index contributed by atoms with van der Waals surface area (Å²) in [7, 11) is 3.22. The van der Waals surface area contributed by atoms with E-state index in [4.69, 9.17) is 25.8 Å². The number of aromatic nitrogens is 6. The summed E-state index contributed by atoms with van der Waals surface area (Å²) >= 11 is 7.39. The Morgan fingerprint density at radius 2 is 1.76 bits per heavy atom. The topological polar surface area (TPSA) is 109 Å². The lowest BCUT2D eigenvalue weighted by Crippen LogP contribution is -2.20. The molecule has 1 aromatic carbocycles. The van der Waals surface area contributed by atoms with Crippen LogP contribution in [0.2, 0.25) is 5.02 Å². The molecule has 3 heterocycles. The van der Waals surface area contributed by atoms with E-state index in [-0.39, 0.29) is 11.4 Å². The number of nitrogens with one attached hydrogen (secondary N) is 1. The first-order valence-electron chi connectivity index (χ1n) is 11.6. The lowest BCUT2D eigenvalue weighted by atomic mass is 10.2. The van der Waals surface area contributed by atoms with Crippen LogP contribution in [-0.2, 0) is 4.74 Å². The molecule has 10 nitrogen and oxygen atoms in total. The first-order chi connectivity index (χ1) is 18.0. The van der Waals surface area contributed by atoms with E-state index in [0.717, 1.165) is 11.1 Å². The maximum absolute atomic E-state index is 5.98. The van der Waals surface area contributed by atoms with E-state index in [9.17, 15) is 0 Å². The number of aryl methyl sites for hydroxylation is 1. The standard InChI is InChI=1S/C25H28ClN7O3S/c1-6-36-22(23-28-13-18(26)14-29-23)16(3)37-32-25-31-30-24(17-10-15(2)11-27-12-17)33(25)21-19(34-4)8-7-9-20(21)35-5/h7-14,16,22H,6H2,1-5H3,(H,31,32)/t16-,22?/m0/s1. The average molecular weight is 542 g/mol. The van der Waals surface area contributed by atoms with Gasteiger partial charge in [-0.1, -0.05) is 17.7 Å². The number of methoxy groups -OCH3 is 2. The van der Waals surface area contributed by atoms with Crippen LogP contribution in [0.1, 0.15) is 31.3 Å². The van der Waals surface area contributed by atoms with Gasteiger partial charge in [0.15, 0.2) is 11.6 Å². The number of para-hydroxylation sites is 1. The summed E-state index contributed by atoms with van der Waals surface area (Å²) in [6.45, 7) is 6.43. The second kappa shape index (κ2) is 12.2. The highest BCUT2D eigenvalue weighted by Crippen LogP contribution is 2.38. The number of halogens is 1. The summed E-state index contributed by atoms with van der Waals surface area (Å²) in [5.74, 6) is 2.81. The van der Waals surface area contributed by atoms with Crippen LogP contribution in [0, 0.1) is 6.92 Å². The van der Waals surface area contributed by atoms with Crippen LogP contribution in [0.15, 0.2) is 49.1 Å². The Morgan fingerprint density at radius 1 is 1.05 bits per heavy atom. The van der Waals surface area contributed by atoms with Crippen molar-refractivity contribution in [2.24, 2.45) is 0 Å². The molecule has 2 atom stereocenters. The molecule has 4 aromatic rings. The van der Waals surface area contributed by atoms with Gasteiger partial charge in [-0.3, -0.25) is 14.3 Å². The van der Waals surface area contributed by atoms with Crippen molar-refractivity contribution in [2.75, 3.05) is 25.5 Å². The highest BCUT2D eigenvalue weighted by atomic mass is 35.5. The number of pyridine rings is 1. The van der Waals surface area contributed by atoms with Crippen LogP contribution < -0.4 is 14.2 Å². The zero-order chi connectivity index (χ0) is 26.4. The minimum atomic E-state index is -0.377. The van der Waals surface area contributed by atoms with E-state index in [1.54, 1.807) is 39.0 Å². The van der Waals surface area contributed by atoms with Crippen molar-refractivity contribution in [2.45, 2.75) is 32.1 Å². The number of benzene rings is 1. The molecule has 0 amide bonds. The number of rotatable bonds is 11. The molecular formula is C25H28ClN7O3S. The molecule has 0 bridgehead atoms. The maximum atomic E-state index is 5.98. The molecule has 194 valence electrons. The van der Waals surface area contributed by atoms with Gasteiger partial charge in [-0.2, -0.15) is 0 Å². The predicted molar refractivity (Wildman–Crippen MR) is 145 cm³/mol. The van der Waals surface area contributed by atoms with Crippen LogP contribution in [0.3, 0.4) is 0 Å². The Labute approximate surface area is 224 Å². The fraction of sp³-hybridized carbons (Fsp3) is 0.320. The lowest BCUT2D eigenvalue weighted by molar-refractivity contribution is 0.0576. The molecular weight excluding hydrogens is 514 g/mol. The smallest absolute Gasteiger partial charge is 0.239 e. The van der Waals surface area contributed by atoms with Gasteiger partial charge in [-0.25, -0.2) is 9.97 Å². The average Bonchev–Trinajstić information content (AvgIpc) is 3.34. The quantitative estimate of drug-likeness (QED) is 0.250. The van der Waals surface area contributed by atoms with Gasteiger partial charge in [-0.15, -0.1) is 10.2 Å². The largest absolute Gasteiger partial charge is 0.494 e. The molecule has 1 unspecified atom stereocenters. The fourth-order valence-electron chi connectivity index (χ4n) is 3.75. The third kappa shape index (κ3) is 5.95. The van der Waals surface area contributed by atoms with Crippen molar-refractivity contribution in [3.8, 4) is 28.6 Å². The summed E-state index contributed by atoms with van der Waals surface area (Å²) in [5.41, 5.74) is 2.46. The Hall–Kier alpha value is -3.41. The molecule has 0 radical (unpaired) electrons. The van der Waals surface area contributed by atoms with Gasteiger partial charge < -0.3 is 14.2 Å². The van der Waals surface area contributed by atoms with Crippen LogP contribution in [0.5, 0.6) is 11.5 Å². The molecule has 1 N–H and O–H groups in total. The van der Waals surface area contributed by atoms with Crippen molar-refractivity contribution < 1.29 is 14.2 Å². The summed E-state index contributed by atoms with van der Waals surface area (Å²) in [5, 5.41) is 9.33. The minimum Gasteiger partial charge on any atom is -0.494 e. The first kappa shape index (κ1) is 26.6. The molecule has 12 heteroatoms. The second-order valence-electron chi connectivity index (χ2n) is 8.01. The fourth-order valence-corrected chi connectivity index (χ4v) is 4.60. The second-order valence-corrected chi connectivity index (χ2v) is 9.63. The van der Waals surface area contributed by atoms with Crippen molar-refractivity contribution >= 4 is 29.5 Å². The van der Waals surface area contributed by atoms with Gasteiger partial charge in [0.05, 0.1) is 24.5 Å². The third-order valence-corrected chi connectivity index (χ3v) is 6.54.